The lowest BCUT2D eigenvalue weighted by Crippen LogP contribution is -2.33. The summed E-state index contributed by atoms with van der Waals surface area (Å²) in [7, 11) is -2.32. The van der Waals surface area contributed by atoms with Gasteiger partial charge in [0, 0.05) is 6.16 Å². The van der Waals surface area contributed by atoms with Gasteiger partial charge in [0.25, 0.3) is 0 Å². The molecule has 0 aliphatic heterocycles. The Morgan fingerprint density at radius 1 is 0.593 bits per heavy atom. The van der Waals surface area contributed by atoms with Gasteiger partial charge >= 0.3 is 0 Å². The third-order valence-corrected chi connectivity index (χ3v) is 6.49. The van der Waals surface area contributed by atoms with Crippen LogP contribution in [-0.4, -0.2) is 19.5 Å². The summed E-state index contributed by atoms with van der Waals surface area (Å²) in [6.07, 6.45) is 0.606. The van der Waals surface area contributed by atoms with Crippen molar-refractivity contribution < 1.29 is 4.57 Å². The maximum absolute atomic E-state index is 13.2. The first-order valence-corrected chi connectivity index (χ1v) is 12.2. The number of benzene rings is 3. The number of aryl methyl sites for hydroxylation is 3. The van der Waals surface area contributed by atoms with E-state index in [1.807, 2.05) is 13.3 Å². The van der Waals surface area contributed by atoms with E-state index >= 15 is 0 Å². The van der Waals surface area contributed by atoms with Crippen molar-refractivity contribution in [3.8, 4) is 0 Å². The van der Waals surface area contributed by atoms with E-state index in [9.17, 15) is 4.57 Å². The fourth-order valence-electron chi connectivity index (χ4n) is 3.86. The van der Waals surface area contributed by atoms with Crippen LogP contribution in [0.25, 0.3) is 0 Å². The van der Waals surface area contributed by atoms with Gasteiger partial charge in [-0.25, -0.2) is 0 Å². The van der Waals surface area contributed by atoms with E-state index in [1.54, 1.807) is 0 Å². The second-order valence-corrected chi connectivity index (χ2v) is 11.7. The summed E-state index contributed by atoms with van der Waals surface area (Å²) in [5, 5.41) is 0. The van der Waals surface area contributed by atoms with Gasteiger partial charge < -0.3 is 4.57 Å². The lowest BCUT2D eigenvalue weighted by Gasteiger charge is -2.37. The summed E-state index contributed by atoms with van der Waals surface area (Å²) in [5.41, 5.74) is 6.87. The molecule has 0 heterocycles. The van der Waals surface area contributed by atoms with E-state index in [-0.39, 0.29) is 0 Å². The molecule has 0 spiro atoms. The minimum atomic E-state index is -2.32. The Morgan fingerprint density at radius 2 is 0.852 bits per heavy atom. The van der Waals surface area contributed by atoms with E-state index in [2.05, 4.69) is 93.6 Å². The highest BCUT2D eigenvalue weighted by atomic mass is 31.2. The zero-order chi connectivity index (χ0) is 19.7. The monoisotopic (exact) mass is 376 g/mol. The number of hydrogen-bond acceptors (Lipinski definition) is 1. The van der Waals surface area contributed by atoms with Gasteiger partial charge in [-0.2, -0.15) is 0 Å². The SMILES string of the molecule is Cc1ccc(C(CP(C)(C)=O)(c2ccc(C)cc2)c2ccc(C)cc2)cc1. The molecule has 0 aliphatic rings. The molecule has 0 aromatic heterocycles. The molecule has 3 aromatic carbocycles. The summed E-state index contributed by atoms with van der Waals surface area (Å²) >= 11 is 0. The van der Waals surface area contributed by atoms with Crippen molar-refractivity contribution in [2.45, 2.75) is 26.2 Å². The van der Waals surface area contributed by atoms with Gasteiger partial charge in [-0.05, 0) is 50.8 Å². The first kappa shape index (κ1) is 19.6. The van der Waals surface area contributed by atoms with Crippen LogP contribution in [0.5, 0.6) is 0 Å². The van der Waals surface area contributed by atoms with Gasteiger partial charge in [-0.3, -0.25) is 0 Å². The van der Waals surface area contributed by atoms with Crippen molar-refractivity contribution >= 4 is 7.14 Å². The van der Waals surface area contributed by atoms with Crippen LogP contribution < -0.4 is 0 Å². The van der Waals surface area contributed by atoms with E-state index in [1.165, 1.54) is 33.4 Å². The van der Waals surface area contributed by atoms with Crippen molar-refractivity contribution in [2.75, 3.05) is 19.5 Å². The molecule has 0 bridgehead atoms. The second kappa shape index (κ2) is 7.49. The Labute approximate surface area is 163 Å². The molecule has 140 valence electrons. The summed E-state index contributed by atoms with van der Waals surface area (Å²) < 4.78 is 13.2. The molecule has 27 heavy (non-hydrogen) atoms. The predicted molar refractivity (Wildman–Crippen MR) is 118 cm³/mol. The Morgan fingerprint density at radius 3 is 1.07 bits per heavy atom. The lowest BCUT2D eigenvalue weighted by molar-refractivity contribution is 0.570. The van der Waals surface area contributed by atoms with Crippen LogP contribution in [0.15, 0.2) is 72.8 Å². The Hall–Kier alpha value is -2.11. The molecule has 1 nitrogen and oxygen atoms in total. The third kappa shape index (κ3) is 4.25. The van der Waals surface area contributed by atoms with Crippen LogP contribution in [0, 0.1) is 20.8 Å². The van der Waals surface area contributed by atoms with Crippen molar-refractivity contribution in [3.05, 3.63) is 106 Å². The molecule has 0 atom stereocenters. The van der Waals surface area contributed by atoms with E-state index in [0.717, 1.165) is 0 Å². The molecule has 0 fully saturated rings. The van der Waals surface area contributed by atoms with Gasteiger partial charge in [0.05, 0.1) is 12.6 Å². The topological polar surface area (TPSA) is 17.1 Å². The Bertz CT molecular complexity index is 834. The summed E-state index contributed by atoms with van der Waals surface area (Å²) in [5.74, 6) is 0. The van der Waals surface area contributed by atoms with Crippen LogP contribution in [-0.2, 0) is 9.98 Å². The maximum atomic E-state index is 13.2. The molecule has 2 heteroatoms. The van der Waals surface area contributed by atoms with Gasteiger partial charge in [0.1, 0.15) is 0 Å². The van der Waals surface area contributed by atoms with Crippen LogP contribution in [0.3, 0.4) is 0 Å². The fourth-order valence-corrected chi connectivity index (χ4v) is 5.55. The normalized spacial score (nSPS) is 12.2. The summed E-state index contributed by atoms with van der Waals surface area (Å²) in [4.78, 5) is 0. The molecule has 0 radical (unpaired) electrons. The lowest BCUT2D eigenvalue weighted by atomic mass is 9.70. The molecule has 0 saturated heterocycles. The molecule has 0 unspecified atom stereocenters. The van der Waals surface area contributed by atoms with E-state index < -0.39 is 12.6 Å². The van der Waals surface area contributed by atoms with Crippen molar-refractivity contribution in [2.24, 2.45) is 0 Å². The van der Waals surface area contributed by atoms with Crippen molar-refractivity contribution in [3.63, 3.8) is 0 Å². The van der Waals surface area contributed by atoms with Gasteiger partial charge in [0.2, 0.25) is 0 Å². The molecule has 0 saturated carbocycles. The standard InChI is InChI=1S/C25H29OP/c1-19-6-12-22(13-7-19)25(18-27(4,5)26,23-14-8-20(2)9-15-23)24-16-10-21(3)11-17-24/h6-17H,18H2,1-5H3. The number of rotatable bonds is 5. The minimum Gasteiger partial charge on any atom is -0.324 e. The molecular weight excluding hydrogens is 347 g/mol. The quantitative estimate of drug-likeness (QED) is 0.364. The third-order valence-electron chi connectivity index (χ3n) is 5.25. The Balaban J connectivity index is 2.36. The smallest absolute Gasteiger partial charge is 0.0834 e. The van der Waals surface area contributed by atoms with Gasteiger partial charge in [0.15, 0.2) is 0 Å². The van der Waals surface area contributed by atoms with Gasteiger partial charge in [-0.1, -0.05) is 89.5 Å². The molecule has 0 aliphatic carbocycles. The largest absolute Gasteiger partial charge is 0.324 e. The zero-order valence-electron chi connectivity index (χ0n) is 17.0. The highest BCUT2D eigenvalue weighted by Crippen LogP contribution is 2.50. The van der Waals surface area contributed by atoms with Crippen LogP contribution >= 0.6 is 7.14 Å². The van der Waals surface area contributed by atoms with Crippen LogP contribution in [0.4, 0.5) is 0 Å². The Kier molecular flexibility index (Phi) is 5.45. The first-order valence-electron chi connectivity index (χ1n) is 9.46. The van der Waals surface area contributed by atoms with Gasteiger partial charge in [-0.15, -0.1) is 0 Å². The van der Waals surface area contributed by atoms with E-state index in [4.69, 9.17) is 0 Å². The first-order chi connectivity index (χ1) is 12.7. The average molecular weight is 376 g/mol. The van der Waals surface area contributed by atoms with Crippen LogP contribution in [0.2, 0.25) is 0 Å². The molecule has 3 rings (SSSR count). The van der Waals surface area contributed by atoms with Crippen molar-refractivity contribution in [1.29, 1.82) is 0 Å². The molecule has 0 N–H and O–H groups in total. The average Bonchev–Trinajstić information content (AvgIpc) is 2.61. The highest BCUT2D eigenvalue weighted by molar-refractivity contribution is 7.62. The van der Waals surface area contributed by atoms with Crippen molar-refractivity contribution in [1.82, 2.24) is 0 Å². The molecular formula is C25H29OP. The van der Waals surface area contributed by atoms with Crippen LogP contribution in [0.1, 0.15) is 33.4 Å². The fraction of sp³-hybridized carbons (Fsp3) is 0.280. The second-order valence-electron chi connectivity index (χ2n) is 8.24. The summed E-state index contributed by atoms with van der Waals surface area (Å²) in [6, 6.07) is 26.1. The molecule has 0 amide bonds. The predicted octanol–water partition coefficient (Wildman–Crippen LogP) is 6.57. The zero-order valence-corrected chi connectivity index (χ0v) is 17.9. The number of hydrogen-bond donors (Lipinski definition) is 0. The van der Waals surface area contributed by atoms with E-state index in [0.29, 0.717) is 6.16 Å². The minimum absolute atomic E-state index is 0.422. The summed E-state index contributed by atoms with van der Waals surface area (Å²) in [6.45, 7) is 10.1. The maximum Gasteiger partial charge on any atom is 0.0834 e. The molecule has 3 aromatic rings. The highest BCUT2D eigenvalue weighted by Gasteiger charge is 2.39.